The Balaban J connectivity index is 2.52. The van der Waals surface area contributed by atoms with Gasteiger partial charge in [0, 0.05) is 11.4 Å². The van der Waals surface area contributed by atoms with Gasteiger partial charge in [0.1, 0.15) is 0 Å². The average Bonchev–Trinajstić information content (AvgIpc) is 2.06. The van der Waals surface area contributed by atoms with Crippen LogP contribution < -0.4 is 0 Å². The molecule has 0 unspecified atom stereocenters. The Morgan fingerprint density at radius 1 is 1.50 bits per heavy atom. The molecule has 64 valence electrons. The van der Waals surface area contributed by atoms with Crippen molar-refractivity contribution < 1.29 is 0 Å². The predicted octanol–water partition coefficient (Wildman–Crippen LogP) is 3.14. The van der Waals surface area contributed by atoms with Crippen LogP contribution in [-0.2, 0) is 0 Å². The zero-order chi connectivity index (χ0) is 8.81. The molecule has 0 saturated heterocycles. The number of thioether (sulfide) groups is 1. The lowest BCUT2D eigenvalue weighted by Crippen LogP contribution is -1.90. The molecule has 0 fully saturated rings. The summed E-state index contributed by atoms with van der Waals surface area (Å²) in [6.45, 7) is 4.20. The summed E-state index contributed by atoms with van der Waals surface area (Å²) in [6, 6.07) is 5.98. The second-order valence-corrected chi connectivity index (χ2v) is 3.91. The van der Waals surface area contributed by atoms with Crippen molar-refractivity contribution in [1.82, 2.24) is 4.98 Å². The molecule has 0 aliphatic heterocycles. The first-order valence-corrected chi connectivity index (χ1v) is 4.91. The number of hydrogen-bond acceptors (Lipinski definition) is 2. The number of aromatic nitrogens is 1. The highest BCUT2D eigenvalue weighted by atomic mass is 32.2. The van der Waals surface area contributed by atoms with Gasteiger partial charge >= 0.3 is 0 Å². The molecule has 2 heteroatoms. The van der Waals surface area contributed by atoms with Gasteiger partial charge in [-0.3, -0.25) is 0 Å². The largest absolute Gasteiger partial charge is 0.250 e. The van der Waals surface area contributed by atoms with E-state index in [1.807, 2.05) is 31.3 Å². The van der Waals surface area contributed by atoms with E-state index < -0.39 is 0 Å². The topological polar surface area (TPSA) is 12.9 Å². The van der Waals surface area contributed by atoms with Crippen LogP contribution in [0.1, 0.15) is 13.8 Å². The van der Waals surface area contributed by atoms with E-state index in [9.17, 15) is 0 Å². The predicted molar refractivity (Wildman–Crippen MR) is 54.4 cm³/mol. The van der Waals surface area contributed by atoms with Gasteiger partial charge in [0.15, 0.2) is 0 Å². The zero-order valence-corrected chi connectivity index (χ0v) is 8.21. The second-order valence-electron chi connectivity index (χ2n) is 2.52. The summed E-state index contributed by atoms with van der Waals surface area (Å²) in [5.41, 5.74) is 0. The average molecular weight is 179 g/mol. The Morgan fingerprint density at radius 2 is 2.33 bits per heavy atom. The second kappa shape index (κ2) is 4.99. The van der Waals surface area contributed by atoms with Gasteiger partial charge in [-0.25, -0.2) is 4.98 Å². The van der Waals surface area contributed by atoms with E-state index in [2.05, 4.69) is 24.1 Å². The molecule has 1 nitrogen and oxygen atoms in total. The maximum atomic E-state index is 4.23. The fourth-order valence-corrected chi connectivity index (χ4v) is 1.81. The lowest BCUT2D eigenvalue weighted by atomic mass is 10.4. The van der Waals surface area contributed by atoms with Crippen molar-refractivity contribution in [1.29, 1.82) is 0 Å². The van der Waals surface area contributed by atoms with Gasteiger partial charge < -0.3 is 0 Å². The Kier molecular flexibility index (Phi) is 3.88. The van der Waals surface area contributed by atoms with E-state index in [0.717, 1.165) is 5.03 Å². The normalized spacial score (nSPS) is 13.5. The van der Waals surface area contributed by atoms with Crippen molar-refractivity contribution in [2.24, 2.45) is 0 Å². The van der Waals surface area contributed by atoms with Crippen molar-refractivity contribution in [3.63, 3.8) is 0 Å². The van der Waals surface area contributed by atoms with Gasteiger partial charge in [-0.05, 0) is 26.0 Å². The van der Waals surface area contributed by atoms with E-state index in [0.29, 0.717) is 5.25 Å². The molecule has 1 atom stereocenters. The van der Waals surface area contributed by atoms with Crippen LogP contribution in [-0.4, -0.2) is 10.2 Å². The molecule has 0 amide bonds. The van der Waals surface area contributed by atoms with Crippen LogP contribution in [0.4, 0.5) is 0 Å². The molecular formula is C10H13NS. The Morgan fingerprint density at radius 3 is 2.92 bits per heavy atom. The molecule has 0 radical (unpaired) electrons. The highest BCUT2D eigenvalue weighted by molar-refractivity contribution is 8.00. The summed E-state index contributed by atoms with van der Waals surface area (Å²) in [5.74, 6) is 0. The third-order valence-corrected chi connectivity index (χ3v) is 2.42. The number of allylic oxidation sites excluding steroid dienone is 1. The van der Waals surface area contributed by atoms with Gasteiger partial charge in [0.2, 0.25) is 0 Å². The number of nitrogens with zero attached hydrogens (tertiary/aromatic N) is 1. The fourth-order valence-electron chi connectivity index (χ4n) is 0.918. The maximum absolute atomic E-state index is 4.23. The summed E-state index contributed by atoms with van der Waals surface area (Å²) < 4.78 is 0. The van der Waals surface area contributed by atoms with Crippen molar-refractivity contribution in [3.05, 3.63) is 36.5 Å². The Labute approximate surface area is 77.9 Å². The van der Waals surface area contributed by atoms with Crippen molar-refractivity contribution in [3.8, 4) is 0 Å². The molecule has 1 rings (SSSR count). The standard InChI is InChI=1S/C10H13NS/c1-3-6-9(2)12-10-7-4-5-8-11-10/h3-9H,1-2H3/b6-3+/t9-/m1/s1. The molecule has 0 bridgehead atoms. The number of hydrogen-bond donors (Lipinski definition) is 0. The van der Waals surface area contributed by atoms with Crippen molar-refractivity contribution in [2.45, 2.75) is 24.1 Å². The highest BCUT2D eigenvalue weighted by Crippen LogP contribution is 2.20. The quantitative estimate of drug-likeness (QED) is 0.522. The summed E-state index contributed by atoms with van der Waals surface area (Å²) in [6.07, 6.45) is 6.06. The molecule has 0 saturated carbocycles. The smallest absolute Gasteiger partial charge is 0.0965 e. The fraction of sp³-hybridized carbons (Fsp3) is 0.300. The lowest BCUT2D eigenvalue weighted by molar-refractivity contribution is 1.11. The molecule has 1 heterocycles. The minimum Gasteiger partial charge on any atom is -0.250 e. The highest BCUT2D eigenvalue weighted by Gasteiger charge is 1.98. The molecule has 0 aliphatic carbocycles. The van der Waals surface area contributed by atoms with Crippen molar-refractivity contribution in [2.75, 3.05) is 0 Å². The van der Waals surface area contributed by atoms with Gasteiger partial charge in [-0.1, -0.05) is 30.0 Å². The monoisotopic (exact) mass is 179 g/mol. The molecule has 12 heavy (non-hydrogen) atoms. The molecular weight excluding hydrogens is 166 g/mol. The molecule has 0 spiro atoms. The third-order valence-electron chi connectivity index (χ3n) is 1.41. The summed E-state index contributed by atoms with van der Waals surface area (Å²) in [4.78, 5) is 4.23. The van der Waals surface area contributed by atoms with Gasteiger partial charge in [-0.15, -0.1) is 0 Å². The van der Waals surface area contributed by atoms with E-state index in [-0.39, 0.29) is 0 Å². The minimum atomic E-state index is 0.505. The summed E-state index contributed by atoms with van der Waals surface area (Å²) in [7, 11) is 0. The van der Waals surface area contributed by atoms with Gasteiger partial charge in [-0.2, -0.15) is 0 Å². The molecule has 1 aromatic heterocycles. The van der Waals surface area contributed by atoms with Gasteiger partial charge in [0.25, 0.3) is 0 Å². The maximum Gasteiger partial charge on any atom is 0.0965 e. The van der Waals surface area contributed by atoms with E-state index >= 15 is 0 Å². The first kappa shape index (κ1) is 9.33. The first-order valence-electron chi connectivity index (χ1n) is 4.03. The van der Waals surface area contributed by atoms with Crippen LogP contribution >= 0.6 is 11.8 Å². The number of pyridine rings is 1. The molecule has 1 aromatic rings. The first-order chi connectivity index (χ1) is 5.83. The van der Waals surface area contributed by atoms with Crippen LogP contribution in [0.3, 0.4) is 0 Å². The van der Waals surface area contributed by atoms with Crippen LogP contribution in [0.5, 0.6) is 0 Å². The molecule has 0 aliphatic rings. The minimum absolute atomic E-state index is 0.505. The Bertz CT molecular complexity index is 243. The zero-order valence-electron chi connectivity index (χ0n) is 7.40. The van der Waals surface area contributed by atoms with Crippen LogP contribution in [0.25, 0.3) is 0 Å². The SMILES string of the molecule is C/C=C/[C@@H](C)Sc1ccccn1. The third kappa shape index (κ3) is 3.09. The van der Waals surface area contributed by atoms with Crippen molar-refractivity contribution >= 4 is 11.8 Å². The Hall–Kier alpha value is -0.760. The molecule has 0 N–H and O–H groups in total. The summed E-state index contributed by atoms with van der Waals surface area (Å²) >= 11 is 1.77. The van der Waals surface area contributed by atoms with E-state index in [1.165, 1.54) is 0 Å². The van der Waals surface area contributed by atoms with Gasteiger partial charge in [0.05, 0.1) is 5.03 Å². The lowest BCUT2D eigenvalue weighted by Gasteiger charge is -2.03. The number of rotatable bonds is 3. The van der Waals surface area contributed by atoms with Crippen LogP contribution in [0.15, 0.2) is 41.6 Å². The summed E-state index contributed by atoms with van der Waals surface area (Å²) in [5, 5.41) is 1.59. The van der Waals surface area contributed by atoms with Crippen LogP contribution in [0, 0.1) is 0 Å². The molecule has 0 aromatic carbocycles. The van der Waals surface area contributed by atoms with E-state index in [4.69, 9.17) is 0 Å². The van der Waals surface area contributed by atoms with E-state index in [1.54, 1.807) is 11.8 Å². The van der Waals surface area contributed by atoms with Crippen LogP contribution in [0.2, 0.25) is 0 Å².